The molecule has 2 aromatic rings. The minimum Gasteiger partial charge on any atom is -0.461 e. The van der Waals surface area contributed by atoms with Crippen LogP contribution in [-0.2, 0) is 11.3 Å². The maximum absolute atomic E-state index is 11.4. The summed E-state index contributed by atoms with van der Waals surface area (Å²) in [6.07, 6.45) is 2.99. The van der Waals surface area contributed by atoms with Crippen LogP contribution >= 0.6 is 0 Å². The van der Waals surface area contributed by atoms with Crippen molar-refractivity contribution in [2.45, 2.75) is 20.4 Å². The minimum absolute atomic E-state index is 0.156. The Morgan fingerprint density at radius 3 is 3.11 bits per heavy atom. The summed E-state index contributed by atoms with van der Waals surface area (Å²) >= 11 is 0. The molecule has 0 spiro atoms. The second kappa shape index (κ2) is 5.35. The van der Waals surface area contributed by atoms with Gasteiger partial charge in [-0.1, -0.05) is 0 Å². The Morgan fingerprint density at radius 2 is 2.44 bits per heavy atom. The van der Waals surface area contributed by atoms with E-state index in [4.69, 9.17) is 9.15 Å². The molecule has 0 fully saturated rings. The summed E-state index contributed by atoms with van der Waals surface area (Å²) in [6, 6.07) is 0.277. The molecule has 7 heteroatoms. The number of anilines is 1. The lowest BCUT2D eigenvalue weighted by Crippen LogP contribution is -2.05. The molecule has 96 valence electrons. The number of esters is 1. The Morgan fingerprint density at radius 1 is 1.61 bits per heavy atom. The number of carbonyl (C=O) groups is 1. The molecular weight excluding hydrogens is 236 g/mol. The third-order valence-corrected chi connectivity index (χ3v) is 2.35. The van der Waals surface area contributed by atoms with Crippen LogP contribution in [0.4, 0.5) is 6.01 Å². The van der Waals surface area contributed by atoms with Crippen molar-refractivity contribution in [1.82, 2.24) is 15.2 Å². The molecule has 0 unspecified atom stereocenters. The summed E-state index contributed by atoms with van der Waals surface area (Å²) in [5.74, 6) is -0.492. The number of rotatable bonds is 5. The van der Waals surface area contributed by atoms with Gasteiger partial charge in [0.05, 0.1) is 12.8 Å². The van der Waals surface area contributed by atoms with Gasteiger partial charge in [-0.3, -0.25) is 5.10 Å². The lowest BCUT2D eigenvalue weighted by molar-refractivity contribution is 0.0519. The van der Waals surface area contributed by atoms with E-state index in [9.17, 15) is 4.79 Å². The zero-order valence-corrected chi connectivity index (χ0v) is 10.2. The Hall–Kier alpha value is -2.31. The van der Waals surface area contributed by atoms with Crippen molar-refractivity contribution in [3.8, 4) is 0 Å². The number of nitrogens with one attached hydrogen (secondary N) is 2. The van der Waals surface area contributed by atoms with E-state index in [1.54, 1.807) is 13.1 Å². The van der Waals surface area contributed by atoms with Gasteiger partial charge in [0.1, 0.15) is 6.26 Å². The van der Waals surface area contributed by atoms with Crippen molar-refractivity contribution >= 4 is 12.0 Å². The molecule has 2 aromatic heterocycles. The van der Waals surface area contributed by atoms with Gasteiger partial charge >= 0.3 is 5.97 Å². The highest BCUT2D eigenvalue weighted by Gasteiger charge is 2.13. The van der Waals surface area contributed by atoms with Gasteiger partial charge in [0.2, 0.25) is 0 Å². The topological polar surface area (TPSA) is 93.0 Å². The van der Waals surface area contributed by atoms with Gasteiger partial charge in [-0.05, 0) is 13.8 Å². The highest BCUT2D eigenvalue weighted by Crippen LogP contribution is 2.11. The lowest BCUT2D eigenvalue weighted by Gasteiger charge is -1.99. The van der Waals surface area contributed by atoms with Gasteiger partial charge in [-0.2, -0.15) is 10.1 Å². The van der Waals surface area contributed by atoms with Crippen LogP contribution in [0.3, 0.4) is 0 Å². The highest BCUT2D eigenvalue weighted by atomic mass is 16.5. The van der Waals surface area contributed by atoms with E-state index in [0.717, 1.165) is 11.3 Å². The average Bonchev–Trinajstić information content (AvgIpc) is 2.96. The summed E-state index contributed by atoms with van der Waals surface area (Å²) < 4.78 is 9.92. The van der Waals surface area contributed by atoms with Gasteiger partial charge < -0.3 is 14.5 Å². The first-order valence-electron chi connectivity index (χ1n) is 5.56. The molecular formula is C11H14N4O3. The summed E-state index contributed by atoms with van der Waals surface area (Å²) in [5, 5.41) is 9.69. The maximum Gasteiger partial charge on any atom is 0.360 e. The van der Waals surface area contributed by atoms with E-state index in [2.05, 4.69) is 20.5 Å². The Bertz CT molecular complexity index is 532. The molecule has 2 rings (SSSR count). The molecule has 0 bridgehead atoms. The first-order chi connectivity index (χ1) is 8.70. The number of hydrogen-bond acceptors (Lipinski definition) is 6. The highest BCUT2D eigenvalue weighted by molar-refractivity contribution is 5.87. The van der Waals surface area contributed by atoms with Crippen LogP contribution in [0.15, 0.2) is 16.9 Å². The molecule has 7 nitrogen and oxygen atoms in total. The summed E-state index contributed by atoms with van der Waals surface area (Å²) in [7, 11) is 0. The molecule has 0 saturated carbocycles. The molecule has 0 aromatic carbocycles. The summed E-state index contributed by atoms with van der Waals surface area (Å²) in [4.78, 5) is 15.3. The second-order valence-electron chi connectivity index (χ2n) is 3.63. The summed E-state index contributed by atoms with van der Waals surface area (Å²) in [5.41, 5.74) is 2.13. The van der Waals surface area contributed by atoms with Crippen LogP contribution in [0.1, 0.15) is 28.7 Å². The van der Waals surface area contributed by atoms with Gasteiger partial charge in [0.25, 0.3) is 6.01 Å². The standard InChI is InChI=1S/C11H14N4O3/c1-3-17-10(16)9-6-18-11(14-9)12-4-8-5-13-15-7(8)2/h5-6H,3-4H2,1-2H3,(H,12,14)(H,13,15). The van der Waals surface area contributed by atoms with E-state index in [-0.39, 0.29) is 11.7 Å². The number of oxazole rings is 1. The van der Waals surface area contributed by atoms with Crippen molar-refractivity contribution in [2.24, 2.45) is 0 Å². The van der Waals surface area contributed by atoms with Crippen LogP contribution in [-0.4, -0.2) is 27.8 Å². The first kappa shape index (κ1) is 12.2. The SMILES string of the molecule is CCOC(=O)c1coc(NCc2cn[nH]c2C)n1. The third kappa shape index (κ3) is 2.68. The molecule has 2 heterocycles. The number of aromatic nitrogens is 3. The van der Waals surface area contributed by atoms with Crippen LogP contribution in [0, 0.1) is 6.92 Å². The predicted octanol–water partition coefficient (Wildman–Crippen LogP) is 1.49. The third-order valence-electron chi connectivity index (χ3n) is 2.35. The zero-order valence-electron chi connectivity index (χ0n) is 10.2. The van der Waals surface area contributed by atoms with Crippen LogP contribution in [0.25, 0.3) is 0 Å². The molecule has 0 radical (unpaired) electrons. The van der Waals surface area contributed by atoms with Gasteiger partial charge in [-0.15, -0.1) is 0 Å². The molecule has 0 aliphatic heterocycles. The molecule has 18 heavy (non-hydrogen) atoms. The number of carbonyl (C=O) groups excluding carboxylic acids is 1. The average molecular weight is 250 g/mol. The zero-order chi connectivity index (χ0) is 13.0. The van der Waals surface area contributed by atoms with Crippen molar-refractivity contribution in [3.05, 3.63) is 29.4 Å². The van der Waals surface area contributed by atoms with Gasteiger partial charge in [0.15, 0.2) is 5.69 Å². The van der Waals surface area contributed by atoms with Crippen LogP contribution in [0.5, 0.6) is 0 Å². The van der Waals surface area contributed by atoms with Crippen molar-refractivity contribution in [2.75, 3.05) is 11.9 Å². The molecule has 0 aliphatic rings. The van der Waals surface area contributed by atoms with E-state index in [1.165, 1.54) is 6.26 Å². The Kier molecular flexibility index (Phi) is 3.61. The number of H-pyrrole nitrogens is 1. The van der Waals surface area contributed by atoms with Gasteiger partial charge in [-0.25, -0.2) is 4.79 Å². The van der Waals surface area contributed by atoms with Crippen molar-refractivity contribution in [1.29, 1.82) is 0 Å². The van der Waals surface area contributed by atoms with E-state index in [1.807, 2.05) is 6.92 Å². The number of ether oxygens (including phenoxy) is 1. The first-order valence-corrected chi connectivity index (χ1v) is 5.56. The number of hydrogen-bond donors (Lipinski definition) is 2. The Labute approximate surface area is 104 Å². The number of nitrogens with zero attached hydrogens (tertiary/aromatic N) is 2. The van der Waals surface area contributed by atoms with E-state index < -0.39 is 5.97 Å². The molecule has 0 saturated heterocycles. The minimum atomic E-state index is -0.492. The molecule has 0 amide bonds. The Balaban J connectivity index is 1.95. The van der Waals surface area contributed by atoms with E-state index >= 15 is 0 Å². The quantitative estimate of drug-likeness (QED) is 0.781. The van der Waals surface area contributed by atoms with Crippen LogP contribution < -0.4 is 5.32 Å². The summed E-state index contributed by atoms with van der Waals surface area (Å²) in [6.45, 7) is 4.48. The van der Waals surface area contributed by atoms with Crippen molar-refractivity contribution < 1.29 is 13.9 Å². The molecule has 0 atom stereocenters. The smallest absolute Gasteiger partial charge is 0.360 e. The monoisotopic (exact) mass is 250 g/mol. The van der Waals surface area contributed by atoms with Crippen molar-refractivity contribution in [3.63, 3.8) is 0 Å². The maximum atomic E-state index is 11.4. The van der Waals surface area contributed by atoms with E-state index in [0.29, 0.717) is 13.2 Å². The largest absolute Gasteiger partial charge is 0.461 e. The molecule has 2 N–H and O–H groups in total. The van der Waals surface area contributed by atoms with Crippen LogP contribution in [0.2, 0.25) is 0 Å². The number of aryl methyl sites for hydroxylation is 1. The van der Waals surface area contributed by atoms with Gasteiger partial charge in [0, 0.05) is 17.8 Å². The fraction of sp³-hybridized carbons (Fsp3) is 0.364. The molecule has 0 aliphatic carbocycles. The number of aromatic amines is 1. The predicted molar refractivity (Wildman–Crippen MR) is 63.1 cm³/mol. The lowest BCUT2D eigenvalue weighted by atomic mass is 10.3. The fourth-order valence-corrected chi connectivity index (χ4v) is 1.38. The second-order valence-corrected chi connectivity index (χ2v) is 3.63. The normalized spacial score (nSPS) is 10.3. The fourth-order valence-electron chi connectivity index (χ4n) is 1.38.